The van der Waals surface area contributed by atoms with Crippen LogP contribution in [0.4, 0.5) is 11.4 Å². The number of anilines is 2. The number of hydrogen-bond acceptors (Lipinski definition) is 4. The van der Waals surface area contributed by atoms with Gasteiger partial charge in [-0.25, -0.2) is 8.42 Å². The minimum Gasteiger partial charge on any atom is -0.489 e. The van der Waals surface area contributed by atoms with Gasteiger partial charge in [-0.05, 0) is 31.0 Å². The Labute approximate surface area is 124 Å². The molecule has 0 aromatic heterocycles. The average molecular weight is 310 g/mol. The largest absolute Gasteiger partial charge is 0.489 e. The molecular formula is C14H18N2O4S. The third-order valence-electron chi connectivity index (χ3n) is 3.92. The molecular weight excluding hydrogens is 292 g/mol. The maximum Gasteiger partial charge on any atom is 0.232 e. The van der Waals surface area contributed by atoms with Gasteiger partial charge in [-0.1, -0.05) is 6.42 Å². The molecule has 1 heterocycles. The molecule has 1 saturated carbocycles. The number of ether oxygens (including phenoxy) is 1. The highest BCUT2D eigenvalue weighted by Gasteiger charge is 2.27. The summed E-state index contributed by atoms with van der Waals surface area (Å²) in [7, 11) is -3.35. The maximum absolute atomic E-state index is 12.0. The van der Waals surface area contributed by atoms with Gasteiger partial charge in [0, 0.05) is 11.6 Å². The van der Waals surface area contributed by atoms with Gasteiger partial charge in [0.2, 0.25) is 15.9 Å². The first-order valence-corrected chi connectivity index (χ1v) is 8.85. The molecule has 0 radical (unpaired) electrons. The molecule has 0 bridgehead atoms. The quantitative estimate of drug-likeness (QED) is 0.920. The number of rotatable bonds is 3. The van der Waals surface area contributed by atoms with Crippen LogP contribution in [-0.4, -0.2) is 33.7 Å². The van der Waals surface area contributed by atoms with Crippen LogP contribution in [0.2, 0.25) is 0 Å². The highest BCUT2D eigenvalue weighted by Crippen LogP contribution is 2.36. The Morgan fingerprint density at radius 1 is 1.38 bits per heavy atom. The fourth-order valence-electron chi connectivity index (χ4n) is 2.53. The van der Waals surface area contributed by atoms with E-state index in [4.69, 9.17) is 4.74 Å². The lowest BCUT2D eigenvalue weighted by molar-refractivity contribution is -0.122. The van der Waals surface area contributed by atoms with Gasteiger partial charge in [-0.15, -0.1) is 0 Å². The van der Waals surface area contributed by atoms with Crippen molar-refractivity contribution in [2.45, 2.75) is 19.3 Å². The van der Waals surface area contributed by atoms with Crippen LogP contribution in [0, 0.1) is 5.92 Å². The Balaban J connectivity index is 1.86. The zero-order valence-corrected chi connectivity index (χ0v) is 12.6. The van der Waals surface area contributed by atoms with Gasteiger partial charge in [0.1, 0.15) is 12.4 Å². The standard InChI is InChI=1S/C14H18N2O4S/c1-21(18,19)16-7-8-20-13-6-5-11(9-12(13)16)15-14(17)10-3-2-4-10/h5-6,9-10H,2-4,7-8H2,1H3,(H,15,17). The van der Waals surface area contributed by atoms with Gasteiger partial charge in [0.15, 0.2) is 0 Å². The molecule has 0 saturated heterocycles. The predicted molar refractivity (Wildman–Crippen MR) is 80.1 cm³/mol. The molecule has 2 aliphatic rings. The SMILES string of the molecule is CS(=O)(=O)N1CCOc2ccc(NC(=O)C3CCC3)cc21. The van der Waals surface area contributed by atoms with E-state index in [0.29, 0.717) is 23.7 Å². The first kappa shape index (κ1) is 14.2. The van der Waals surface area contributed by atoms with E-state index in [1.54, 1.807) is 18.2 Å². The third-order valence-corrected chi connectivity index (χ3v) is 5.10. The van der Waals surface area contributed by atoms with Crippen molar-refractivity contribution in [2.75, 3.05) is 29.0 Å². The average Bonchev–Trinajstić information content (AvgIpc) is 2.34. The monoisotopic (exact) mass is 310 g/mol. The summed E-state index contributed by atoms with van der Waals surface area (Å²) in [5.74, 6) is 0.612. The second-order valence-electron chi connectivity index (χ2n) is 5.48. The van der Waals surface area contributed by atoms with E-state index in [2.05, 4.69) is 5.32 Å². The van der Waals surface area contributed by atoms with Crippen molar-refractivity contribution in [2.24, 2.45) is 5.92 Å². The van der Waals surface area contributed by atoms with E-state index in [1.165, 1.54) is 10.6 Å². The molecule has 1 N–H and O–H groups in total. The lowest BCUT2D eigenvalue weighted by Crippen LogP contribution is -2.37. The highest BCUT2D eigenvalue weighted by molar-refractivity contribution is 7.92. The molecule has 1 aliphatic heterocycles. The molecule has 1 aromatic rings. The topological polar surface area (TPSA) is 75.7 Å². The lowest BCUT2D eigenvalue weighted by Gasteiger charge is -2.30. The van der Waals surface area contributed by atoms with Crippen LogP contribution in [0.15, 0.2) is 18.2 Å². The first-order chi connectivity index (χ1) is 9.95. The van der Waals surface area contributed by atoms with E-state index < -0.39 is 10.0 Å². The van der Waals surface area contributed by atoms with Crippen LogP contribution in [0.5, 0.6) is 5.75 Å². The molecule has 0 spiro atoms. The van der Waals surface area contributed by atoms with Crippen molar-refractivity contribution < 1.29 is 17.9 Å². The molecule has 1 amide bonds. The molecule has 1 aromatic carbocycles. The van der Waals surface area contributed by atoms with Gasteiger partial charge in [-0.2, -0.15) is 0 Å². The maximum atomic E-state index is 12.0. The number of carbonyl (C=O) groups is 1. The summed E-state index contributed by atoms with van der Waals surface area (Å²) in [6.07, 6.45) is 4.12. The predicted octanol–water partition coefficient (Wildman–Crippen LogP) is 1.58. The second kappa shape index (κ2) is 5.22. The van der Waals surface area contributed by atoms with Crippen LogP contribution < -0.4 is 14.4 Å². The molecule has 114 valence electrons. The summed E-state index contributed by atoms with van der Waals surface area (Å²) < 4.78 is 30.4. The summed E-state index contributed by atoms with van der Waals surface area (Å²) in [6, 6.07) is 5.09. The molecule has 1 aliphatic carbocycles. The number of carbonyl (C=O) groups excluding carboxylic acids is 1. The molecule has 6 nitrogen and oxygen atoms in total. The summed E-state index contributed by atoms with van der Waals surface area (Å²) in [6.45, 7) is 0.611. The van der Waals surface area contributed by atoms with E-state index in [1.807, 2.05) is 0 Å². The van der Waals surface area contributed by atoms with Gasteiger partial charge in [0.25, 0.3) is 0 Å². The van der Waals surface area contributed by atoms with Gasteiger partial charge >= 0.3 is 0 Å². The summed E-state index contributed by atoms with van der Waals surface area (Å²) in [5, 5.41) is 2.85. The van der Waals surface area contributed by atoms with Crippen LogP contribution in [0.25, 0.3) is 0 Å². The van der Waals surface area contributed by atoms with Gasteiger partial charge in [0.05, 0.1) is 18.5 Å². The number of nitrogens with zero attached hydrogens (tertiary/aromatic N) is 1. The zero-order chi connectivity index (χ0) is 15.0. The van der Waals surface area contributed by atoms with Crippen LogP contribution in [0.1, 0.15) is 19.3 Å². The third kappa shape index (κ3) is 2.83. The Morgan fingerprint density at radius 3 is 2.76 bits per heavy atom. The molecule has 7 heteroatoms. The van der Waals surface area contributed by atoms with Crippen molar-refractivity contribution in [1.82, 2.24) is 0 Å². The smallest absolute Gasteiger partial charge is 0.232 e. The fraction of sp³-hybridized carbons (Fsp3) is 0.500. The first-order valence-electron chi connectivity index (χ1n) is 7.00. The minimum absolute atomic E-state index is 0.00355. The van der Waals surface area contributed by atoms with Crippen molar-refractivity contribution in [3.05, 3.63) is 18.2 Å². The molecule has 0 atom stereocenters. The van der Waals surface area contributed by atoms with Crippen LogP contribution >= 0.6 is 0 Å². The van der Waals surface area contributed by atoms with E-state index >= 15 is 0 Å². The Morgan fingerprint density at radius 2 is 2.14 bits per heavy atom. The van der Waals surface area contributed by atoms with Crippen LogP contribution in [-0.2, 0) is 14.8 Å². The van der Waals surface area contributed by atoms with Crippen LogP contribution in [0.3, 0.4) is 0 Å². The molecule has 1 fully saturated rings. The Hall–Kier alpha value is -1.76. The Bertz CT molecular complexity index is 668. The summed E-state index contributed by atoms with van der Waals surface area (Å²) >= 11 is 0. The van der Waals surface area contributed by atoms with Gasteiger partial charge in [-0.3, -0.25) is 9.10 Å². The fourth-order valence-corrected chi connectivity index (χ4v) is 3.44. The number of amides is 1. The van der Waals surface area contributed by atoms with E-state index in [0.717, 1.165) is 19.3 Å². The minimum atomic E-state index is -3.35. The second-order valence-corrected chi connectivity index (χ2v) is 7.39. The number of nitrogens with one attached hydrogen (secondary N) is 1. The highest BCUT2D eigenvalue weighted by atomic mass is 32.2. The zero-order valence-electron chi connectivity index (χ0n) is 11.8. The molecule has 21 heavy (non-hydrogen) atoms. The number of benzene rings is 1. The summed E-state index contributed by atoms with van der Waals surface area (Å²) in [5.41, 5.74) is 1.08. The lowest BCUT2D eigenvalue weighted by atomic mass is 9.85. The van der Waals surface area contributed by atoms with Crippen molar-refractivity contribution in [1.29, 1.82) is 0 Å². The molecule has 0 unspecified atom stereocenters. The van der Waals surface area contributed by atoms with Crippen molar-refractivity contribution in [3.63, 3.8) is 0 Å². The summed E-state index contributed by atoms with van der Waals surface area (Å²) in [4.78, 5) is 12.0. The van der Waals surface area contributed by atoms with Crippen molar-refractivity contribution >= 4 is 27.3 Å². The normalized spacial score (nSPS) is 18.4. The van der Waals surface area contributed by atoms with Gasteiger partial charge < -0.3 is 10.1 Å². The van der Waals surface area contributed by atoms with Crippen molar-refractivity contribution in [3.8, 4) is 5.75 Å². The number of fused-ring (bicyclic) bond motifs is 1. The molecule has 3 rings (SSSR count). The number of sulfonamides is 1. The Kier molecular flexibility index (Phi) is 3.52. The van der Waals surface area contributed by atoms with E-state index in [9.17, 15) is 13.2 Å². The van der Waals surface area contributed by atoms with E-state index in [-0.39, 0.29) is 18.4 Å². The number of hydrogen-bond donors (Lipinski definition) is 1.